The van der Waals surface area contributed by atoms with E-state index in [2.05, 4.69) is 10.3 Å². The van der Waals surface area contributed by atoms with Crippen molar-refractivity contribution in [3.63, 3.8) is 0 Å². The van der Waals surface area contributed by atoms with E-state index < -0.39 is 18.6 Å². The molecule has 0 bridgehead atoms. The number of amides is 1. The molecule has 3 N–H and O–H groups in total. The molecule has 5 nitrogen and oxygen atoms in total. The predicted octanol–water partition coefficient (Wildman–Crippen LogP) is 2.57. The van der Waals surface area contributed by atoms with Gasteiger partial charge < -0.3 is 16.0 Å². The van der Waals surface area contributed by atoms with Gasteiger partial charge in [-0.25, -0.2) is 4.98 Å². The molecule has 20 heavy (non-hydrogen) atoms. The summed E-state index contributed by atoms with van der Waals surface area (Å²) in [5, 5.41) is 3.39. The number of rotatable bonds is 6. The second-order valence-electron chi connectivity index (χ2n) is 4.09. The maximum atomic E-state index is 12.4. The first-order chi connectivity index (χ1) is 9.28. The lowest BCUT2D eigenvalue weighted by Crippen LogP contribution is -2.38. The highest BCUT2D eigenvalue weighted by Crippen LogP contribution is 2.27. The van der Waals surface area contributed by atoms with Crippen LogP contribution >= 0.6 is 11.3 Å². The van der Waals surface area contributed by atoms with Gasteiger partial charge in [0.25, 0.3) is 5.91 Å². The van der Waals surface area contributed by atoms with E-state index in [1.165, 1.54) is 6.92 Å². The van der Waals surface area contributed by atoms with Gasteiger partial charge in [0.2, 0.25) is 0 Å². The smallest absolute Gasteiger partial charge is 0.382 e. The molecule has 0 atom stereocenters. The number of thiazole rings is 1. The standard InChI is InChI=1S/C11H17F3N4OS/c1-3-5-16-10-17-8(15)7(20-10)9(19)18(4-2)6-11(12,13)14/h3-6,15H2,1-2H3,(H,16,17). The highest BCUT2D eigenvalue weighted by molar-refractivity contribution is 7.18. The average molecular weight is 310 g/mol. The first-order valence-electron chi connectivity index (χ1n) is 6.14. The van der Waals surface area contributed by atoms with Gasteiger partial charge >= 0.3 is 6.18 Å². The van der Waals surface area contributed by atoms with E-state index in [9.17, 15) is 18.0 Å². The SMILES string of the molecule is CCCNc1nc(N)c(C(=O)N(CC)CC(F)(F)F)s1. The third kappa shape index (κ3) is 4.55. The molecule has 1 heterocycles. The van der Waals surface area contributed by atoms with Gasteiger partial charge in [0, 0.05) is 13.1 Å². The summed E-state index contributed by atoms with van der Waals surface area (Å²) in [5.74, 6) is -0.788. The summed E-state index contributed by atoms with van der Waals surface area (Å²) in [6.45, 7) is 2.75. The molecule has 0 aliphatic heterocycles. The van der Waals surface area contributed by atoms with Gasteiger partial charge in [0.1, 0.15) is 17.2 Å². The van der Waals surface area contributed by atoms with E-state index in [4.69, 9.17) is 5.73 Å². The number of carbonyl (C=O) groups is 1. The average Bonchev–Trinajstić information content (AvgIpc) is 2.72. The molecule has 0 spiro atoms. The van der Waals surface area contributed by atoms with E-state index in [0.717, 1.165) is 17.8 Å². The van der Waals surface area contributed by atoms with E-state index in [0.29, 0.717) is 16.6 Å². The van der Waals surface area contributed by atoms with Gasteiger partial charge in [-0.05, 0) is 13.3 Å². The van der Waals surface area contributed by atoms with Crippen LogP contribution in [-0.4, -0.2) is 41.6 Å². The summed E-state index contributed by atoms with van der Waals surface area (Å²) in [6, 6.07) is 0. The third-order valence-corrected chi connectivity index (χ3v) is 3.43. The molecule has 1 rings (SSSR count). The van der Waals surface area contributed by atoms with Gasteiger partial charge in [-0.15, -0.1) is 0 Å². The third-order valence-electron chi connectivity index (χ3n) is 2.41. The lowest BCUT2D eigenvalue weighted by atomic mass is 10.4. The Morgan fingerprint density at radius 3 is 2.60 bits per heavy atom. The molecule has 9 heteroatoms. The number of alkyl halides is 3. The Labute approximate surface area is 119 Å². The highest BCUT2D eigenvalue weighted by Gasteiger charge is 2.33. The Hall–Kier alpha value is -1.51. The summed E-state index contributed by atoms with van der Waals surface area (Å²) < 4.78 is 37.2. The molecule has 0 saturated heterocycles. The van der Waals surface area contributed by atoms with Gasteiger partial charge in [0.15, 0.2) is 5.13 Å². The fourth-order valence-corrected chi connectivity index (χ4v) is 2.36. The number of nitrogens with two attached hydrogens (primary N) is 1. The molecule has 1 aromatic heterocycles. The molecule has 0 saturated carbocycles. The van der Waals surface area contributed by atoms with Crippen molar-refractivity contribution in [3.8, 4) is 0 Å². The van der Waals surface area contributed by atoms with Crippen molar-refractivity contribution in [2.24, 2.45) is 0 Å². The fraction of sp³-hybridized carbons (Fsp3) is 0.636. The Kier molecular flexibility index (Phi) is 5.61. The molecule has 0 aromatic carbocycles. The van der Waals surface area contributed by atoms with E-state index in [1.54, 1.807) is 0 Å². The Bertz CT molecular complexity index is 461. The molecule has 0 aliphatic carbocycles. The van der Waals surface area contributed by atoms with Gasteiger partial charge in [-0.3, -0.25) is 4.79 Å². The summed E-state index contributed by atoms with van der Waals surface area (Å²) >= 11 is 0.971. The molecular weight excluding hydrogens is 293 g/mol. The van der Waals surface area contributed by atoms with Crippen LogP contribution in [0.5, 0.6) is 0 Å². The van der Waals surface area contributed by atoms with Crippen LogP contribution in [0.1, 0.15) is 29.9 Å². The number of hydrogen-bond donors (Lipinski definition) is 2. The number of nitrogens with one attached hydrogen (secondary N) is 1. The normalized spacial score (nSPS) is 11.4. The lowest BCUT2D eigenvalue weighted by molar-refractivity contribution is -0.140. The minimum atomic E-state index is -4.44. The first-order valence-corrected chi connectivity index (χ1v) is 6.96. The number of halogens is 3. The van der Waals surface area contributed by atoms with Crippen LogP contribution in [-0.2, 0) is 0 Å². The van der Waals surface area contributed by atoms with Crippen LogP contribution in [0.2, 0.25) is 0 Å². The van der Waals surface area contributed by atoms with Crippen molar-refractivity contribution < 1.29 is 18.0 Å². The predicted molar refractivity (Wildman–Crippen MR) is 72.9 cm³/mol. The van der Waals surface area contributed by atoms with Crippen molar-refractivity contribution in [3.05, 3.63) is 4.88 Å². The van der Waals surface area contributed by atoms with Crippen LogP contribution in [0.4, 0.5) is 24.1 Å². The number of hydrogen-bond acceptors (Lipinski definition) is 5. The Balaban J connectivity index is 2.86. The summed E-state index contributed by atoms with van der Waals surface area (Å²) in [7, 11) is 0. The first kappa shape index (κ1) is 16.5. The maximum absolute atomic E-state index is 12.4. The number of nitrogens with zero attached hydrogens (tertiary/aromatic N) is 2. The van der Waals surface area contributed by atoms with Crippen LogP contribution in [0.3, 0.4) is 0 Å². The van der Waals surface area contributed by atoms with Crippen molar-refractivity contribution in [2.75, 3.05) is 30.7 Å². The van der Waals surface area contributed by atoms with Gasteiger partial charge in [-0.2, -0.15) is 13.2 Å². The zero-order valence-corrected chi connectivity index (χ0v) is 12.1. The van der Waals surface area contributed by atoms with Gasteiger partial charge in [0.05, 0.1) is 0 Å². The largest absolute Gasteiger partial charge is 0.406 e. The van der Waals surface area contributed by atoms with Crippen molar-refractivity contribution in [1.82, 2.24) is 9.88 Å². The minimum absolute atomic E-state index is 0.0368. The highest BCUT2D eigenvalue weighted by atomic mass is 32.1. The van der Waals surface area contributed by atoms with Crippen LogP contribution < -0.4 is 11.1 Å². The summed E-state index contributed by atoms with van der Waals surface area (Å²) in [4.78, 5) is 16.7. The van der Waals surface area contributed by atoms with Gasteiger partial charge in [-0.1, -0.05) is 18.3 Å². The molecule has 0 radical (unpaired) electrons. The van der Waals surface area contributed by atoms with E-state index >= 15 is 0 Å². The van der Waals surface area contributed by atoms with Crippen molar-refractivity contribution in [1.29, 1.82) is 0 Å². The number of aromatic nitrogens is 1. The second kappa shape index (κ2) is 6.78. The Morgan fingerprint density at radius 2 is 2.10 bits per heavy atom. The molecule has 114 valence electrons. The molecule has 0 unspecified atom stereocenters. The topological polar surface area (TPSA) is 71.2 Å². The zero-order chi connectivity index (χ0) is 15.3. The van der Waals surface area contributed by atoms with Crippen LogP contribution in [0.15, 0.2) is 0 Å². The molecule has 0 aliphatic rings. The van der Waals surface area contributed by atoms with Crippen molar-refractivity contribution >= 4 is 28.2 Å². The maximum Gasteiger partial charge on any atom is 0.406 e. The summed E-state index contributed by atoms with van der Waals surface area (Å²) in [6.07, 6.45) is -3.58. The zero-order valence-electron chi connectivity index (χ0n) is 11.3. The van der Waals surface area contributed by atoms with E-state index in [-0.39, 0.29) is 17.2 Å². The number of carbonyl (C=O) groups excluding carboxylic acids is 1. The van der Waals surface area contributed by atoms with Crippen LogP contribution in [0, 0.1) is 0 Å². The fourth-order valence-electron chi connectivity index (χ4n) is 1.48. The molecule has 1 amide bonds. The minimum Gasteiger partial charge on any atom is -0.382 e. The van der Waals surface area contributed by atoms with Crippen molar-refractivity contribution in [2.45, 2.75) is 26.4 Å². The quantitative estimate of drug-likeness (QED) is 0.847. The van der Waals surface area contributed by atoms with Crippen LogP contribution in [0.25, 0.3) is 0 Å². The molecule has 0 fully saturated rings. The number of nitrogen functional groups attached to an aromatic ring is 1. The monoisotopic (exact) mass is 310 g/mol. The van der Waals surface area contributed by atoms with E-state index in [1.807, 2.05) is 6.92 Å². The molecule has 1 aromatic rings. The second-order valence-corrected chi connectivity index (χ2v) is 5.09. The summed E-state index contributed by atoms with van der Waals surface area (Å²) in [5.41, 5.74) is 5.60. The number of anilines is 2. The lowest BCUT2D eigenvalue weighted by Gasteiger charge is -2.21. The Morgan fingerprint density at radius 1 is 1.45 bits per heavy atom. The molecular formula is C11H17F3N4OS.